The maximum absolute atomic E-state index is 12.9. The lowest BCUT2D eigenvalue weighted by molar-refractivity contribution is 0.102. The lowest BCUT2D eigenvalue weighted by Crippen LogP contribution is -2.15. The number of benzene rings is 2. The van der Waals surface area contributed by atoms with E-state index < -0.39 is 5.91 Å². The Hall–Kier alpha value is -3.42. The van der Waals surface area contributed by atoms with Crippen LogP contribution in [0.1, 0.15) is 17.4 Å². The number of amides is 1. The number of hydrogen-bond donors (Lipinski definition) is 2. The molecule has 1 aromatic heterocycles. The summed E-state index contributed by atoms with van der Waals surface area (Å²) in [6, 6.07) is 12.5. The first-order valence-electron chi connectivity index (χ1n) is 7.60. The summed E-state index contributed by atoms with van der Waals surface area (Å²) in [5.74, 6) is -0.0942. The molecule has 0 bridgehead atoms. The molecule has 0 aliphatic carbocycles. The Morgan fingerprint density at radius 2 is 1.88 bits per heavy atom. The van der Waals surface area contributed by atoms with E-state index in [0.717, 1.165) is 5.75 Å². The van der Waals surface area contributed by atoms with E-state index in [4.69, 9.17) is 10.5 Å². The Labute approximate surface area is 143 Å². The third-order valence-electron chi connectivity index (χ3n) is 3.41. The molecule has 3 N–H and O–H groups in total. The zero-order chi connectivity index (χ0) is 17.8. The Morgan fingerprint density at radius 3 is 2.52 bits per heavy atom. The second-order valence-corrected chi connectivity index (χ2v) is 5.12. The highest BCUT2D eigenvalue weighted by Gasteiger charge is 2.18. The summed E-state index contributed by atoms with van der Waals surface area (Å²) >= 11 is 0. The van der Waals surface area contributed by atoms with Crippen LogP contribution in [-0.2, 0) is 0 Å². The van der Waals surface area contributed by atoms with Crippen LogP contribution in [0.25, 0.3) is 5.69 Å². The van der Waals surface area contributed by atoms with Gasteiger partial charge in [-0.25, -0.2) is 4.39 Å². The van der Waals surface area contributed by atoms with Gasteiger partial charge in [0.25, 0.3) is 5.91 Å². The van der Waals surface area contributed by atoms with Crippen LogP contribution in [-0.4, -0.2) is 27.5 Å². The number of nitrogens with zero attached hydrogens (tertiary/aromatic N) is 3. The van der Waals surface area contributed by atoms with E-state index in [1.54, 1.807) is 24.3 Å². The van der Waals surface area contributed by atoms with Crippen molar-refractivity contribution in [2.24, 2.45) is 0 Å². The van der Waals surface area contributed by atoms with E-state index in [2.05, 4.69) is 15.6 Å². The van der Waals surface area contributed by atoms with Crippen molar-refractivity contribution in [3.63, 3.8) is 0 Å². The van der Waals surface area contributed by atoms with Crippen molar-refractivity contribution >= 4 is 17.4 Å². The van der Waals surface area contributed by atoms with Crippen molar-refractivity contribution in [3.8, 4) is 11.4 Å². The number of hydrogen-bond acceptors (Lipinski definition) is 5. The van der Waals surface area contributed by atoms with Gasteiger partial charge in [0.15, 0.2) is 11.5 Å². The summed E-state index contributed by atoms with van der Waals surface area (Å²) in [6.07, 6.45) is 0. The van der Waals surface area contributed by atoms with E-state index in [0.29, 0.717) is 18.0 Å². The van der Waals surface area contributed by atoms with Crippen LogP contribution in [0.3, 0.4) is 0 Å². The summed E-state index contributed by atoms with van der Waals surface area (Å²) < 4.78 is 19.6. The van der Waals surface area contributed by atoms with Gasteiger partial charge >= 0.3 is 0 Å². The fourth-order valence-electron chi connectivity index (χ4n) is 2.22. The molecule has 8 heteroatoms. The van der Waals surface area contributed by atoms with Gasteiger partial charge in [-0.05, 0) is 55.5 Å². The average Bonchev–Trinajstić information content (AvgIpc) is 2.99. The maximum Gasteiger partial charge on any atom is 0.280 e. The van der Waals surface area contributed by atoms with Crippen LogP contribution in [0.5, 0.6) is 5.75 Å². The molecule has 0 saturated heterocycles. The number of nitrogens with one attached hydrogen (secondary N) is 1. The molecule has 128 valence electrons. The molecule has 0 fully saturated rings. The maximum atomic E-state index is 12.9. The highest BCUT2D eigenvalue weighted by atomic mass is 19.1. The number of carbonyl (C=O) groups is 1. The zero-order valence-corrected chi connectivity index (χ0v) is 13.4. The minimum Gasteiger partial charge on any atom is -0.494 e. The molecule has 0 atom stereocenters. The van der Waals surface area contributed by atoms with Gasteiger partial charge in [-0.15, -0.1) is 5.10 Å². The number of nitrogen functional groups attached to an aromatic ring is 1. The van der Waals surface area contributed by atoms with Crippen molar-refractivity contribution in [3.05, 3.63) is 60.0 Å². The molecule has 25 heavy (non-hydrogen) atoms. The van der Waals surface area contributed by atoms with Crippen molar-refractivity contribution in [1.29, 1.82) is 0 Å². The van der Waals surface area contributed by atoms with Gasteiger partial charge < -0.3 is 15.8 Å². The SMILES string of the molecule is CCOc1ccc(-n2nnc(C(=O)Nc3ccc(F)cc3)c2N)cc1. The van der Waals surface area contributed by atoms with Crippen LogP contribution in [0, 0.1) is 5.82 Å². The van der Waals surface area contributed by atoms with Gasteiger partial charge in [0, 0.05) is 5.69 Å². The van der Waals surface area contributed by atoms with Crippen LogP contribution in [0.15, 0.2) is 48.5 Å². The second kappa shape index (κ2) is 7.00. The standard InChI is InChI=1S/C17H16FN5O2/c1-2-25-14-9-7-13(8-10-14)23-16(19)15(21-22-23)17(24)20-12-5-3-11(18)4-6-12/h3-10H,2,19H2,1H3,(H,20,24). The lowest BCUT2D eigenvalue weighted by atomic mass is 10.3. The molecular formula is C17H16FN5O2. The predicted octanol–water partition coefficient (Wildman–Crippen LogP) is 2.64. The number of carbonyl (C=O) groups excluding carboxylic acids is 1. The number of aromatic nitrogens is 3. The monoisotopic (exact) mass is 341 g/mol. The van der Waals surface area contributed by atoms with E-state index in [1.807, 2.05) is 6.92 Å². The topological polar surface area (TPSA) is 95.1 Å². The molecule has 3 aromatic rings. The minimum absolute atomic E-state index is 0.0155. The number of ether oxygens (including phenoxy) is 1. The molecular weight excluding hydrogens is 325 g/mol. The first-order valence-corrected chi connectivity index (χ1v) is 7.60. The van der Waals surface area contributed by atoms with Gasteiger partial charge in [0.1, 0.15) is 11.6 Å². The van der Waals surface area contributed by atoms with E-state index in [-0.39, 0.29) is 17.3 Å². The van der Waals surface area contributed by atoms with Crippen LogP contribution in [0.2, 0.25) is 0 Å². The summed E-state index contributed by atoms with van der Waals surface area (Å²) in [5, 5.41) is 10.3. The molecule has 1 heterocycles. The van der Waals surface area contributed by atoms with Crippen molar-refractivity contribution in [1.82, 2.24) is 15.0 Å². The Balaban J connectivity index is 1.80. The molecule has 0 aliphatic rings. The van der Waals surface area contributed by atoms with Crippen molar-refractivity contribution in [2.75, 3.05) is 17.7 Å². The highest BCUT2D eigenvalue weighted by molar-refractivity contribution is 6.05. The van der Waals surface area contributed by atoms with E-state index in [9.17, 15) is 9.18 Å². The molecule has 3 rings (SSSR count). The van der Waals surface area contributed by atoms with Crippen molar-refractivity contribution < 1.29 is 13.9 Å². The minimum atomic E-state index is -0.527. The zero-order valence-electron chi connectivity index (χ0n) is 13.4. The largest absolute Gasteiger partial charge is 0.494 e. The molecule has 7 nitrogen and oxygen atoms in total. The van der Waals surface area contributed by atoms with Gasteiger partial charge in [0.2, 0.25) is 0 Å². The molecule has 0 spiro atoms. The van der Waals surface area contributed by atoms with Crippen molar-refractivity contribution in [2.45, 2.75) is 6.92 Å². The number of nitrogens with two attached hydrogens (primary N) is 1. The second-order valence-electron chi connectivity index (χ2n) is 5.12. The first-order chi connectivity index (χ1) is 12.1. The fourth-order valence-corrected chi connectivity index (χ4v) is 2.22. The number of rotatable bonds is 5. The lowest BCUT2D eigenvalue weighted by Gasteiger charge is -2.06. The summed E-state index contributed by atoms with van der Waals surface area (Å²) in [7, 11) is 0. The van der Waals surface area contributed by atoms with Crippen LogP contribution in [0.4, 0.5) is 15.9 Å². The number of halogens is 1. The quantitative estimate of drug-likeness (QED) is 0.744. The third-order valence-corrected chi connectivity index (χ3v) is 3.41. The predicted molar refractivity (Wildman–Crippen MR) is 91.3 cm³/mol. The number of anilines is 2. The molecule has 0 unspecified atom stereocenters. The third kappa shape index (κ3) is 3.57. The smallest absolute Gasteiger partial charge is 0.280 e. The Morgan fingerprint density at radius 1 is 1.20 bits per heavy atom. The van der Waals surface area contributed by atoms with Gasteiger partial charge in [-0.3, -0.25) is 4.79 Å². The van der Waals surface area contributed by atoms with Crippen LogP contribution < -0.4 is 15.8 Å². The molecule has 0 saturated carbocycles. The van der Waals surface area contributed by atoms with Crippen LogP contribution >= 0.6 is 0 Å². The Bertz CT molecular complexity index is 875. The van der Waals surface area contributed by atoms with Gasteiger partial charge in [-0.2, -0.15) is 4.68 Å². The highest BCUT2D eigenvalue weighted by Crippen LogP contribution is 2.19. The summed E-state index contributed by atoms with van der Waals surface area (Å²) in [4.78, 5) is 12.3. The molecule has 0 aliphatic heterocycles. The normalized spacial score (nSPS) is 10.5. The first kappa shape index (κ1) is 16.4. The molecule has 0 radical (unpaired) electrons. The summed E-state index contributed by atoms with van der Waals surface area (Å²) in [5.41, 5.74) is 7.06. The van der Waals surface area contributed by atoms with E-state index in [1.165, 1.54) is 28.9 Å². The fraction of sp³-hybridized carbons (Fsp3) is 0.118. The molecule has 1 amide bonds. The van der Waals surface area contributed by atoms with Gasteiger partial charge in [-0.1, -0.05) is 5.21 Å². The van der Waals surface area contributed by atoms with E-state index >= 15 is 0 Å². The Kier molecular flexibility index (Phi) is 4.60. The molecule has 2 aromatic carbocycles. The van der Waals surface area contributed by atoms with Gasteiger partial charge in [0.05, 0.1) is 12.3 Å². The average molecular weight is 341 g/mol. The summed E-state index contributed by atoms with van der Waals surface area (Å²) in [6.45, 7) is 2.47.